The number of hydrogen-bond acceptors (Lipinski definition) is 5. The molecule has 22 heavy (non-hydrogen) atoms. The Morgan fingerprint density at radius 1 is 0.909 bits per heavy atom. The third-order valence-electron chi connectivity index (χ3n) is 4.53. The van der Waals surface area contributed by atoms with Gasteiger partial charge in [-0.25, -0.2) is 0 Å². The lowest BCUT2D eigenvalue weighted by molar-refractivity contribution is 0.273. The van der Waals surface area contributed by atoms with E-state index in [4.69, 9.17) is 14.8 Å². The van der Waals surface area contributed by atoms with Crippen LogP contribution in [0.4, 0.5) is 0 Å². The Morgan fingerprint density at radius 3 is 1.68 bits per heavy atom. The Morgan fingerprint density at radius 2 is 1.36 bits per heavy atom. The van der Waals surface area contributed by atoms with E-state index in [1.165, 1.54) is 0 Å². The molecule has 0 unspecified atom stereocenters. The van der Waals surface area contributed by atoms with E-state index in [1.807, 2.05) is 6.92 Å². The van der Waals surface area contributed by atoms with Crippen LogP contribution in [0.3, 0.4) is 0 Å². The third-order valence-corrected chi connectivity index (χ3v) is 10.6. The van der Waals surface area contributed by atoms with Crippen molar-refractivity contribution >= 4 is 19.7 Å². The average Bonchev–Trinajstić information content (AvgIpc) is 2.44. The van der Waals surface area contributed by atoms with Crippen molar-refractivity contribution in [2.24, 2.45) is 10.3 Å². The van der Waals surface area contributed by atoms with Gasteiger partial charge in [-0.3, -0.25) is 0 Å². The normalized spacial score (nSPS) is 14.5. The van der Waals surface area contributed by atoms with Crippen LogP contribution in [0.2, 0.25) is 16.6 Å². The summed E-state index contributed by atoms with van der Waals surface area (Å²) in [4.78, 5) is 0. The molecule has 0 aromatic carbocycles. The standard InChI is InChI=1S/C16H34N2O3Si/c1-8-15(17-19)16(18-20)10-9-11-21-22(12(2)3,13(4)5)14(6)7/h12-14,19-20H,8-11H2,1-7H3/b17-15+,18-16-. The zero-order valence-electron chi connectivity index (χ0n) is 15.3. The highest BCUT2D eigenvalue weighted by molar-refractivity contribution is 6.77. The van der Waals surface area contributed by atoms with Gasteiger partial charge in [-0.1, -0.05) is 58.8 Å². The summed E-state index contributed by atoms with van der Waals surface area (Å²) in [6.07, 6.45) is 1.86. The van der Waals surface area contributed by atoms with Gasteiger partial charge in [0.2, 0.25) is 0 Å². The molecule has 0 aliphatic rings. The van der Waals surface area contributed by atoms with Crippen LogP contribution in [0.15, 0.2) is 10.3 Å². The molecule has 0 radical (unpaired) electrons. The Kier molecular flexibility index (Phi) is 9.60. The molecule has 0 fully saturated rings. The molecule has 0 aromatic rings. The summed E-state index contributed by atoms with van der Waals surface area (Å²) < 4.78 is 6.46. The zero-order chi connectivity index (χ0) is 17.3. The van der Waals surface area contributed by atoms with E-state index >= 15 is 0 Å². The van der Waals surface area contributed by atoms with E-state index in [1.54, 1.807) is 0 Å². The maximum Gasteiger partial charge on any atom is 0.200 e. The Balaban J connectivity index is 4.72. The molecule has 0 heterocycles. The van der Waals surface area contributed by atoms with E-state index < -0.39 is 8.32 Å². The molecule has 2 N–H and O–H groups in total. The molecule has 0 aliphatic carbocycles. The SMILES string of the molecule is CCC(=N\O)/C(CCCO[Si](C(C)C)(C(C)C)C(C)C)=N\O. The summed E-state index contributed by atoms with van der Waals surface area (Å²) in [7, 11) is -1.84. The van der Waals surface area contributed by atoms with Gasteiger partial charge in [0, 0.05) is 6.61 Å². The van der Waals surface area contributed by atoms with Gasteiger partial charge in [-0.15, -0.1) is 0 Å². The molecule has 6 heteroatoms. The lowest BCUT2D eigenvalue weighted by atomic mass is 10.1. The Labute approximate surface area is 136 Å². The number of hydrogen-bond donors (Lipinski definition) is 2. The van der Waals surface area contributed by atoms with Gasteiger partial charge in [0.15, 0.2) is 8.32 Å². The second-order valence-corrected chi connectivity index (χ2v) is 12.2. The molecular formula is C16H34N2O3Si. The summed E-state index contributed by atoms with van der Waals surface area (Å²) in [5.74, 6) is 0. The first-order valence-electron chi connectivity index (χ1n) is 8.33. The van der Waals surface area contributed by atoms with Crippen LogP contribution in [-0.4, -0.2) is 36.8 Å². The molecule has 0 spiro atoms. The molecular weight excluding hydrogens is 296 g/mol. The van der Waals surface area contributed by atoms with Gasteiger partial charge in [-0.05, 0) is 35.9 Å². The maximum absolute atomic E-state index is 9.05. The summed E-state index contributed by atoms with van der Waals surface area (Å²) in [5, 5.41) is 24.4. The van der Waals surface area contributed by atoms with Crippen LogP contribution in [0.1, 0.15) is 67.7 Å². The molecule has 0 atom stereocenters. The van der Waals surface area contributed by atoms with Crippen LogP contribution < -0.4 is 0 Å². The highest BCUT2D eigenvalue weighted by Crippen LogP contribution is 2.42. The topological polar surface area (TPSA) is 74.4 Å². The first kappa shape index (κ1) is 21.1. The summed E-state index contributed by atoms with van der Waals surface area (Å²) in [6, 6.07) is 0. The van der Waals surface area contributed by atoms with Gasteiger partial charge >= 0.3 is 0 Å². The van der Waals surface area contributed by atoms with Crippen molar-refractivity contribution in [1.82, 2.24) is 0 Å². The first-order chi connectivity index (χ1) is 10.3. The Hall–Kier alpha value is -0.883. The second-order valence-electron chi connectivity index (χ2n) is 6.72. The van der Waals surface area contributed by atoms with E-state index in [2.05, 4.69) is 51.9 Å². The minimum Gasteiger partial charge on any atom is -0.416 e. The van der Waals surface area contributed by atoms with Gasteiger partial charge in [-0.2, -0.15) is 0 Å². The van der Waals surface area contributed by atoms with Crippen molar-refractivity contribution < 1.29 is 14.8 Å². The molecule has 0 amide bonds. The van der Waals surface area contributed by atoms with E-state index in [0.29, 0.717) is 47.5 Å². The molecule has 0 rings (SSSR count). The van der Waals surface area contributed by atoms with E-state index in [-0.39, 0.29) is 0 Å². The lowest BCUT2D eigenvalue weighted by Gasteiger charge is -2.42. The fraction of sp³-hybridized carbons (Fsp3) is 0.875. The fourth-order valence-electron chi connectivity index (χ4n) is 3.57. The minimum absolute atomic E-state index is 0.433. The van der Waals surface area contributed by atoms with Crippen LogP contribution in [-0.2, 0) is 4.43 Å². The quantitative estimate of drug-likeness (QED) is 0.194. The minimum atomic E-state index is -1.84. The van der Waals surface area contributed by atoms with Crippen molar-refractivity contribution in [2.45, 2.75) is 84.4 Å². The highest BCUT2D eigenvalue weighted by atomic mass is 28.4. The summed E-state index contributed by atoms with van der Waals surface area (Å²) in [6.45, 7) is 16.1. The summed E-state index contributed by atoms with van der Waals surface area (Å²) in [5.41, 5.74) is 2.55. The van der Waals surface area contributed by atoms with Gasteiger partial charge in [0.1, 0.15) is 11.4 Å². The van der Waals surface area contributed by atoms with Gasteiger partial charge in [0.25, 0.3) is 0 Å². The number of nitrogens with zero attached hydrogens (tertiary/aromatic N) is 2. The van der Waals surface area contributed by atoms with E-state index in [0.717, 1.165) is 6.42 Å². The fourth-order valence-corrected chi connectivity index (χ4v) is 9.07. The molecule has 0 saturated carbocycles. The largest absolute Gasteiger partial charge is 0.416 e. The molecule has 0 bridgehead atoms. The number of rotatable bonds is 10. The summed E-state index contributed by atoms with van der Waals surface area (Å²) >= 11 is 0. The van der Waals surface area contributed by atoms with Gasteiger partial charge < -0.3 is 14.8 Å². The molecule has 0 aromatic heterocycles. The van der Waals surface area contributed by atoms with Crippen molar-refractivity contribution in [3.8, 4) is 0 Å². The van der Waals surface area contributed by atoms with Crippen molar-refractivity contribution in [3.63, 3.8) is 0 Å². The van der Waals surface area contributed by atoms with Gasteiger partial charge in [0.05, 0.1) is 0 Å². The van der Waals surface area contributed by atoms with Crippen molar-refractivity contribution in [1.29, 1.82) is 0 Å². The zero-order valence-corrected chi connectivity index (χ0v) is 16.3. The molecule has 5 nitrogen and oxygen atoms in total. The smallest absolute Gasteiger partial charge is 0.200 e. The predicted octanol–water partition coefficient (Wildman–Crippen LogP) is 5.03. The maximum atomic E-state index is 9.05. The monoisotopic (exact) mass is 330 g/mol. The highest BCUT2D eigenvalue weighted by Gasteiger charge is 2.44. The molecule has 0 aliphatic heterocycles. The second kappa shape index (κ2) is 10.00. The lowest BCUT2D eigenvalue weighted by Crippen LogP contribution is -2.48. The first-order valence-corrected chi connectivity index (χ1v) is 10.5. The number of oxime groups is 2. The van der Waals surface area contributed by atoms with E-state index in [9.17, 15) is 0 Å². The van der Waals surface area contributed by atoms with Crippen LogP contribution in [0, 0.1) is 0 Å². The van der Waals surface area contributed by atoms with Crippen molar-refractivity contribution in [3.05, 3.63) is 0 Å². The predicted molar refractivity (Wildman–Crippen MR) is 95.0 cm³/mol. The van der Waals surface area contributed by atoms with Crippen LogP contribution in [0.5, 0.6) is 0 Å². The van der Waals surface area contributed by atoms with Crippen molar-refractivity contribution in [2.75, 3.05) is 6.61 Å². The molecule has 130 valence electrons. The third kappa shape index (κ3) is 5.09. The van der Waals surface area contributed by atoms with Crippen LogP contribution >= 0.6 is 0 Å². The van der Waals surface area contributed by atoms with Crippen LogP contribution in [0.25, 0.3) is 0 Å². The average molecular weight is 331 g/mol. The Bertz CT molecular complexity index is 358. The molecule has 0 saturated heterocycles.